The highest BCUT2D eigenvalue weighted by atomic mass is 35.5. The first-order valence-electron chi connectivity index (χ1n) is 6.46. The lowest BCUT2D eigenvalue weighted by Gasteiger charge is -2.34. The third-order valence-corrected chi connectivity index (χ3v) is 3.59. The Morgan fingerprint density at radius 3 is 2.28 bits per heavy atom. The van der Waals surface area contributed by atoms with Crippen molar-refractivity contribution in [3.63, 3.8) is 0 Å². The summed E-state index contributed by atoms with van der Waals surface area (Å²) < 4.78 is 1.77. The standard InChI is InChI=1S/C13H20ClN3O/c14-4-6-15-7-9-16(10-8-15)11-12-17-5-2-1-3-13(17)18/h1-3,5H,4,6-12H2. The van der Waals surface area contributed by atoms with Gasteiger partial charge in [0.25, 0.3) is 5.56 Å². The molecule has 0 atom stereocenters. The minimum Gasteiger partial charge on any atom is -0.314 e. The Hall–Kier alpha value is -0.840. The molecular formula is C13H20ClN3O. The van der Waals surface area contributed by atoms with Crippen molar-refractivity contribution in [2.24, 2.45) is 0 Å². The van der Waals surface area contributed by atoms with E-state index >= 15 is 0 Å². The first-order valence-corrected chi connectivity index (χ1v) is 6.99. The minimum absolute atomic E-state index is 0.0817. The zero-order valence-corrected chi connectivity index (χ0v) is 11.4. The predicted molar refractivity (Wildman–Crippen MR) is 74.3 cm³/mol. The van der Waals surface area contributed by atoms with Gasteiger partial charge < -0.3 is 4.57 Å². The summed E-state index contributed by atoms with van der Waals surface area (Å²) in [5.74, 6) is 0.708. The van der Waals surface area contributed by atoms with E-state index in [-0.39, 0.29) is 5.56 Å². The Morgan fingerprint density at radius 1 is 1.00 bits per heavy atom. The maximum atomic E-state index is 11.6. The molecule has 0 N–H and O–H groups in total. The molecule has 0 unspecified atom stereocenters. The molecular weight excluding hydrogens is 250 g/mol. The van der Waals surface area contributed by atoms with E-state index < -0.39 is 0 Å². The van der Waals surface area contributed by atoms with Crippen LogP contribution in [0.25, 0.3) is 0 Å². The second kappa shape index (κ2) is 6.92. The summed E-state index contributed by atoms with van der Waals surface area (Å²) in [7, 11) is 0. The normalized spacial score (nSPS) is 18.1. The fourth-order valence-electron chi connectivity index (χ4n) is 2.25. The van der Waals surface area contributed by atoms with Crippen molar-refractivity contribution < 1.29 is 0 Å². The predicted octanol–water partition coefficient (Wildman–Crippen LogP) is 0.705. The number of pyridine rings is 1. The SMILES string of the molecule is O=c1ccccn1CCN1CCN(CCCl)CC1. The van der Waals surface area contributed by atoms with Crippen molar-refractivity contribution >= 4 is 11.6 Å². The lowest BCUT2D eigenvalue weighted by atomic mass is 10.3. The number of hydrogen-bond donors (Lipinski definition) is 0. The highest BCUT2D eigenvalue weighted by Gasteiger charge is 2.15. The van der Waals surface area contributed by atoms with E-state index in [1.807, 2.05) is 12.3 Å². The Kier molecular flexibility index (Phi) is 5.23. The number of halogens is 1. The van der Waals surface area contributed by atoms with Gasteiger partial charge in [0, 0.05) is 64.0 Å². The number of hydrogen-bond acceptors (Lipinski definition) is 3. The summed E-state index contributed by atoms with van der Waals surface area (Å²) in [4.78, 5) is 16.3. The largest absolute Gasteiger partial charge is 0.314 e. The molecule has 1 aliphatic rings. The monoisotopic (exact) mass is 269 g/mol. The first kappa shape index (κ1) is 13.6. The zero-order chi connectivity index (χ0) is 12.8. The number of rotatable bonds is 5. The van der Waals surface area contributed by atoms with E-state index in [0.29, 0.717) is 5.88 Å². The molecule has 0 aliphatic carbocycles. The Morgan fingerprint density at radius 2 is 1.67 bits per heavy atom. The van der Waals surface area contributed by atoms with Crippen molar-refractivity contribution in [1.82, 2.24) is 14.4 Å². The first-order chi connectivity index (χ1) is 8.79. The van der Waals surface area contributed by atoms with Crippen LogP contribution < -0.4 is 5.56 Å². The van der Waals surface area contributed by atoms with E-state index in [1.165, 1.54) is 0 Å². The molecule has 1 saturated heterocycles. The molecule has 4 nitrogen and oxygen atoms in total. The van der Waals surface area contributed by atoms with Gasteiger partial charge in [0.1, 0.15) is 0 Å². The van der Waals surface area contributed by atoms with Crippen LogP contribution in [0.3, 0.4) is 0 Å². The van der Waals surface area contributed by atoms with Crippen LogP contribution in [0.1, 0.15) is 0 Å². The van der Waals surface area contributed by atoms with Gasteiger partial charge in [-0.2, -0.15) is 0 Å². The van der Waals surface area contributed by atoms with Gasteiger partial charge in [-0.15, -0.1) is 11.6 Å². The van der Waals surface area contributed by atoms with E-state index in [9.17, 15) is 4.79 Å². The van der Waals surface area contributed by atoms with Crippen LogP contribution in [0, 0.1) is 0 Å². The fraction of sp³-hybridized carbons (Fsp3) is 0.615. The molecule has 0 aromatic carbocycles. The molecule has 0 saturated carbocycles. The van der Waals surface area contributed by atoms with Crippen molar-refractivity contribution in [3.05, 3.63) is 34.7 Å². The second-order valence-electron chi connectivity index (χ2n) is 4.60. The molecule has 0 bridgehead atoms. The smallest absolute Gasteiger partial charge is 0.250 e. The fourth-order valence-corrected chi connectivity index (χ4v) is 2.49. The highest BCUT2D eigenvalue weighted by Crippen LogP contribution is 2.01. The number of piperazine rings is 1. The van der Waals surface area contributed by atoms with Crippen LogP contribution in [0.4, 0.5) is 0 Å². The Bertz CT molecular complexity index is 413. The summed E-state index contributed by atoms with van der Waals surface area (Å²) in [5, 5.41) is 0. The molecule has 100 valence electrons. The molecule has 2 rings (SSSR count). The number of alkyl halides is 1. The average molecular weight is 270 g/mol. The van der Waals surface area contributed by atoms with Gasteiger partial charge in [0.2, 0.25) is 0 Å². The van der Waals surface area contributed by atoms with Crippen LogP contribution in [0.2, 0.25) is 0 Å². The number of nitrogens with zero attached hydrogens (tertiary/aromatic N) is 3. The van der Waals surface area contributed by atoms with Crippen LogP contribution >= 0.6 is 11.6 Å². The van der Waals surface area contributed by atoms with Gasteiger partial charge in [0.05, 0.1) is 0 Å². The van der Waals surface area contributed by atoms with Gasteiger partial charge in [-0.25, -0.2) is 0 Å². The minimum atomic E-state index is 0.0817. The summed E-state index contributed by atoms with van der Waals surface area (Å²) in [6.45, 7) is 6.99. The van der Waals surface area contributed by atoms with E-state index in [4.69, 9.17) is 11.6 Å². The van der Waals surface area contributed by atoms with Crippen molar-refractivity contribution in [3.8, 4) is 0 Å². The van der Waals surface area contributed by atoms with Gasteiger partial charge >= 0.3 is 0 Å². The molecule has 1 aromatic heterocycles. The second-order valence-corrected chi connectivity index (χ2v) is 4.98. The molecule has 1 fully saturated rings. The van der Waals surface area contributed by atoms with Gasteiger partial charge in [-0.1, -0.05) is 6.07 Å². The van der Waals surface area contributed by atoms with E-state index in [0.717, 1.165) is 45.8 Å². The molecule has 1 aromatic rings. The van der Waals surface area contributed by atoms with E-state index in [2.05, 4.69) is 9.80 Å². The van der Waals surface area contributed by atoms with E-state index in [1.54, 1.807) is 16.7 Å². The highest BCUT2D eigenvalue weighted by molar-refractivity contribution is 6.18. The van der Waals surface area contributed by atoms with Gasteiger partial charge in [0.15, 0.2) is 0 Å². The summed E-state index contributed by atoms with van der Waals surface area (Å²) >= 11 is 5.74. The van der Waals surface area contributed by atoms with Crippen LogP contribution in [0.5, 0.6) is 0 Å². The van der Waals surface area contributed by atoms with Gasteiger partial charge in [-0.3, -0.25) is 14.6 Å². The Balaban J connectivity index is 1.76. The summed E-state index contributed by atoms with van der Waals surface area (Å²) in [5.41, 5.74) is 0.0817. The van der Waals surface area contributed by atoms with Gasteiger partial charge in [-0.05, 0) is 6.07 Å². The molecule has 0 radical (unpaired) electrons. The maximum Gasteiger partial charge on any atom is 0.250 e. The summed E-state index contributed by atoms with van der Waals surface area (Å²) in [6, 6.07) is 5.29. The lowest BCUT2D eigenvalue weighted by Crippen LogP contribution is -2.47. The van der Waals surface area contributed by atoms with Crippen molar-refractivity contribution in [2.75, 3.05) is 45.1 Å². The topological polar surface area (TPSA) is 28.5 Å². The quantitative estimate of drug-likeness (QED) is 0.737. The zero-order valence-electron chi connectivity index (χ0n) is 10.6. The third-order valence-electron chi connectivity index (χ3n) is 3.42. The molecule has 0 spiro atoms. The molecule has 5 heteroatoms. The summed E-state index contributed by atoms with van der Waals surface area (Å²) in [6.07, 6.45) is 1.85. The Labute approximate surface area is 113 Å². The van der Waals surface area contributed by atoms with Crippen LogP contribution in [0.15, 0.2) is 29.2 Å². The van der Waals surface area contributed by atoms with Crippen LogP contribution in [-0.4, -0.2) is 59.5 Å². The van der Waals surface area contributed by atoms with Crippen molar-refractivity contribution in [1.29, 1.82) is 0 Å². The van der Waals surface area contributed by atoms with Crippen LogP contribution in [-0.2, 0) is 6.54 Å². The lowest BCUT2D eigenvalue weighted by molar-refractivity contribution is 0.134. The molecule has 1 aliphatic heterocycles. The molecule has 18 heavy (non-hydrogen) atoms. The maximum absolute atomic E-state index is 11.6. The third kappa shape index (κ3) is 3.83. The van der Waals surface area contributed by atoms with Crippen molar-refractivity contribution in [2.45, 2.75) is 6.54 Å². The molecule has 0 amide bonds. The number of aromatic nitrogens is 1. The average Bonchev–Trinajstić information content (AvgIpc) is 2.40. The molecule has 2 heterocycles.